The molecule has 0 saturated heterocycles. The number of hydrogen-bond donors (Lipinski definition) is 1. The van der Waals surface area contributed by atoms with E-state index in [9.17, 15) is 0 Å². The van der Waals surface area contributed by atoms with E-state index >= 15 is 0 Å². The molecule has 33 heavy (non-hydrogen) atoms. The van der Waals surface area contributed by atoms with Crippen molar-refractivity contribution in [1.82, 2.24) is 9.47 Å². The van der Waals surface area contributed by atoms with E-state index in [1.54, 1.807) is 0 Å². The Labute approximate surface area is 197 Å². The molecule has 0 aliphatic carbocycles. The van der Waals surface area contributed by atoms with Crippen LogP contribution in [0.4, 0.5) is 0 Å². The van der Waals surface area contributed by atoms with Gasteiger partial charge in [0.15, 0.2) is 0 Å². The topological polar surface area (TPSA) is 43.4 Å². The van der Waals surface area contributed by atoms with E-state index in [4.69, 9.17) is 10.5 Å². The van der Waals surface area contributed by atoms with Gasteiger partial charge in [-0.25, -0.2) is 0 Å². The first-order chi connectivity index (χ1) is 15.9. The molecular weight excluding hydrogens is 406 g/mol. The van der Waals surface area contributed by atoms with Gasteiger partial charge < -0.3 is 19.9 Å². The minimum Gasteiger partial charge on any atom is -0.457 e. The first-order valence-corrected chi connectivity index (χ1v) is 11.4. The Morgan fingerprint density at radius 1 is 1.00 bits per heavy atom. The molecule has 0 spiro atoms. The highest BCUT2D eigenvalue weighted by Crippen LogP contribution is 2.40. The van der Waals surface area contributed by atoms with Crippen molar-refractivity contribution in [2.45, 2.75) is 25.8 Å². The Morgan fingerprint density at radius 3 is 2.45 bits per heavy atom. The van der Waals surface area contributed by atoms with E-state index in [0.717, 1.165) is 23.5 Å². The summed E-state index contributed by atoms with van der Waals surface area (Å²) in [6.45, 7) is 5.06. The quantitative estimate of drug-likeness (QED) is 0.474. The first kappa shape index (κ1) is 22.7. The van der Waals surface area contributed by atoms with E-state index in [1.807, 2.05) is 42.5 Å². The molecular formula is C29H33N3O. The van der Waals surface area contributed by atoms with Gasteiger partial charge in [-0.3, -0.25) is 0 Å². The molecule has 1 aliphatic rings. The number of hydrogen-bond acceptors (Lipinski definition) is 3. The maximum atomic E-state index is 6.01. The Morgan fingerprint density at radius 2 is 1.76 bits per heavy atom. The highest BCUT2D eigenvalue weighted by Gasteiger charge is 2.34. The molecule has 1 aliphatic heterocycles. The van der Waals surface area contributed by atoms with Crippen molar-refractivity contribution in [3.8, 4) is 11.5 Å². The van der Waals surface area contributed by atoms with E-state index < -0.39 is 0 Å². The second-order valence-electron chi connectivity index (χ2n) is 8.80. The molecule has 0 bridgehead atoms. The lowest BCUT2D eigenvalue weighted by Gasteiger charge is -2.33. The highest BCUT2D eigenvalue weighted by molar-refractivity contribution is 5.72. The van der Waals surface area contributed by atoms with Crippen molar-refractivity contribution >= 4 is 11.6 Å². The van der Waals surface area contributed by atoms with Crippen LogP contribution in [0.5, 0.6) is 11.5 Å². The second-order valence-corrected chi connectivity index (χ2v) is 8.80. The van der Waals surface area contributed by atoms with Crippen LogP contribution in [0.25, 0.3) is 11.6 Å². The third-order valence-electron chi connectivity index (χ3n) is 6.32. The number of aromatic nitrogens is 1. The molecule has 4 nitrogen and oxygen atoms in total. The van der Waals surface area contributed by atoms with Gasteiger partial charge in [-0.1, -0.05) is 48.6 Å². The number of para-hydroxylation sites is 1. The second kappa shape index (κ2) is 9.55. The molecule has 4 heteroatoms. The number of allylic oxidation sites excluding steroid dienone is 1. The maximum absolute atomic E-state index is 6.01. The lowest BCUT2D eigenvalue weighted by atomic mass is 10.00. The number of nitrogens with zero attached hydrogens (tertiary/aromatic N) is 2. The Bertz CT molecular complexity index is 1200. The van der Waals surface area contributed by atoms with Crippen molar-refractivity contribution in [2.75, 3.05) is 13.6 Å². The van der Waals surface area contributed by atoms with Crippen LogP contribution < -0.4 is 10.5 Å². The lowest BCUT2D eigenvalue weighted by Crippen LogP contribution is -2.35. The highest BCUT2D eigenvalue weighted by atomic mass is 16.5. The molecule has 170 valence electrons. The predicted octanol–water partition coefficient (Wildman–Crippen LogP) is 6.24. The number of ether oxygens (including phenoxy) is 1. The fraction of sp³-hybridized carbons (Fsp3) is 0.241. The average Bonchev–Trinajstić information content (AvgIpc) is 3.32. The Balaban J connectivity index is 1.61. The Kier molecular flexibility index (Phi) is 6.57. The summed E-state index contributed by atoms with van der Waals surface area (Å²) in [7, 11) is 4.26. The minimum absolute atomic E-state index is 0.235. The molecule has 0 radical (unpaired) electrons. The predicted molar refractivity (Wildman–Crippen MR) is 138 cm³/mol. The monoisotopic (exact) mass is 439 g/mol. The molecule has 2 N–H and O–H groups in total. The van der Waals surface area contributed by atoms with E-state index in [-0.39, 0.29) is 5.54 Å². The van der Waals surface area contributed by atoms with Gasteiger partial charge in [-0.2, -0.15) is 0 Å². The van der Waals surface area contributed by atoms with Gasteiger partial charge in [0.05, 0.1) is 5.54 Å². The molecule has 0 saturated carbocycles. The molecule has 2 aromatic carbocycles. The van der Waals surface area contributed by atoms with Crippen LogP contribution >= 0.6 is 0 Å². The van der Waals surface area contributed by atoms with Crippen molar-refractivity contribution in [2.24, 2.45) is 12.8 Å². The van der Waals surface area contributed by atoms with Gasteiger partial charge >= 0.3 is 0 Å². The van der Waals surface area contributed by atoms with Crippen LogP contribution in [0.15, 0.2) is 96.3 Å². The van der Waals surface area contributed by atoms with Gasteiger partial charge in [0.25, 0.3) is 0 Å². The van der Waals surface area contributed by atoms with Crippen molar-refractivity contribution in [3.05, 3.63) is 108 Å². The summed E-state index contributed by atoms with van der Waals surface area (Å²) in [5, 5.41) is 0. The molecule has 1 aromatic heterocycles. The van der Waals surface area contributed by atoms with E-state index in [1.165, 1.54) is 22.5 Å². The molecule has 3 aromatic rings. The van der Waals surface area contributed by atoms with Crippen molar-refractivity contribution in [1.29, 1.82) is 0 Å². The summed E-state index contributed by atoms with van der Waals surface area (Å²) in [4.78, 5) is 2.36. The molecule has 1 unspecified atom stereocenters. The largest absolute Gasteiger partial charge is 0.457 e. The number of aryl methyl sites for hydroxylation is 1. The zero-order valence-corrected chi connectivity index (χ0v) is 20.0. The lowest BCUT2D eigenvalue weighted by molar-refractivity contribution is 0.323. The summed E-state index contributed by atoms with van der Waals surface area (Å²) < 4.78 is 8.17. The van der Waals surface area contributed by atoms with E-state index in [0.29, 0.717) is 6.54 Å². The van der Waals surface area contributed by atoms with Gasteiger partial charge in [0, 0.05) is 37.3 Å². The number of nitrogens with two attached hydrogens (primary N) is 1. The van der Waals surface area contributed by atoms with Gasteiger partial charge in [-0.05, 0) is 74.3 Å². The molecule has 4 rings (SSSR count). The summed E-state index contributed by atoms with van der Waals surface area (Å²) >= 11 is 0. The van der Waals surface area contributed by atoms with Crippen LogP contribution in [0, 0.1) is 0 Å². The Hall–Kier alpha value is -3.50. The molecule has 0 fully saturated rings. The van der Waals surface area contributed by atoms with Crippen LogP contribution in [0.3, 0.4) is 0 Å². The fourth-order valence-corrected chi connectivity index (χ4v) is 4.57. The molecule has 2 heterocycles. The number of likely N-dealkylation sites (N-methyl/N-ethyl adjacent to an activating group) is 1. The first-order valence-electron chi connectivity index (χ1n) is 11.4. The summed E-state index contributed by atoms with van der Waals surface area (Å²) in [6.07, 6.45) is 9.69. The van der Waals surface area contributed by atoms with Gasteiger partial charge in [0.1, 0.15) is 11.5 Å². The maximum Gasteiger partial charge on any atom is 0.128 e. The smallest absolute Gasteiger partial charge is 0.128 e. The fourth-order valence-electron chi connectivity index (χ4n) is 4.57. The van der Waals surface area contributed by atoms with Crippen LogP contribution in [-0.4, -0.2) is 28.6 Å². The van der Waals surface area contributed by atoms with Crippen LogP contribution in [0.2, 0.25) is 0 Å². The van der Waals surface area contributed by atoms with Gasteiger partial charge in [-0.15, -0.1) is 0 Å². The van der Waals surface area contributed by atoms with Crippen LogP contribution in [-0.2, 0) is 7.05 Å². The van der Waals surface area contributed by atoms with Gasteiger partial charge in [0.2, 0.25) is 0 Å². The number of rotatable bonds is 7. The standard InChI is InChI=1S/C29H33N3O/c1-22-21-29(2,32(4)28(22)26(16-18-30)27-14-9-19-31(27)3)17-15-23-10-8-13-25(20-23)33-24-11-6-5-7-12-24/h5-15,17,19-21H,16,18,30H2,1-4H3/b17-15+,28-26-. The van der Waals surface area contributed by atoms with E-state index in [2.05, 4.69) is 86.1 Å². The SMILES string of the molecule is CC1=CC(C)(/C=C/c2cccc(Oc3ccccc3)c2)N(C)/C1=C(/CCN)c1cccn1C. The number of benzene rings is 2. The third kappa shape index (κ3) is 4.81. The van der Waals surface area contributed by atoms with Crippen molar-refractivity contribution < 1.29 is 4.74 Å². The zero-order valence-electron chi connectivity index (χ0n) is 20.0. The molecule has 1 atom stereocenters. The summed E-state index contributed by atoms with van der Waals surface area (Å²) in [5.41, 5.74) is 11.9. The minimum atomic E-state index is -0.235. The zero-order chi connectivity index (χ0) is 23.4. The summed E-state index contributed by atoms with van der Waals surface area (Å²) in [6, 6.07) is 22.3. The van der Waals surface area contributed by atoms with Crippen molar-refractivity contribution in [3.63, 3.8) is 0 Å². The molecule has 0 amide bonds. The van der Waals surface area contributed by atoms with Crippen LogP contribution in [0.1, 0.15) is 31.5 Å². The summed E-state index contributed by atoms with van der Waals surface area (Å²) in [5.74, 6) is 1.66. The average molecular weight is 440 g/mol. The normalized spacial score (nSPS) is 19.8. The third-order valence-corrected chi connectivity index (χ3v) is 6.32.